The van der Waals surface area contributed by atoms with Gasteiger partial charge >= 0.3 is 41.4 Å². The molecular weight excluding hydrogens is 1650 g/mol. The van der Waals surface area contributed by atoms with Gasteiger partial charge in [-0.2, -0.15) is 6.42 Å². The molecule has 0 aliphatic carbocycles. The summed E-state index contributed by atoms with van der Waals surface area (Å²) in [7, 11) is -4.12. The molecule has 0 saturated carbocycles. The van der Waals surface area contributed by atoms with Gasteiger partial charge in [-0.05, 0) is 179 Å². The first-order valence-corrected chi connectivity index (χ1v) is 44.3. The van der Waals surface area contributed by atoms with Crippen LogP contribution in [0.4, 0.5) is 0 Å². The number of hydrogen-bond donors (Lipinski definition) is 2. The number of aliphatic hydroxyl groups is 2. The van der Waals surface area contributed by atoms with E-state index in [1.165, 1.54) is 38.6 Å². The Morgan fingerprint density at radius 3 is 1.18 bits per heavy atom. The van der Waals surface area contributed by atoms with Gasteiger partial charge in [0.05, 0.1) is 23.7 Å². The van der Waals surface area contributed by atoms with Gasteiger partial charge in [0, 0.05) is 43.4 Å². The van der Waals surface area contributed by atoms with Crippen molar-refractivity contribution in [1.82, 2.24) is 0 Å². The molecule has 4 aromatic carbocycles. The van der Waals surface area contributed by atoms with E-state index in [0.29, 0.717) is 38.8 Å². The Bertz CT molecular complexity index is 3370. The molecule has 8 aromatic rings. The summed E-state index contributed by atoms with van der Waals surface area (Å²) in [5, 5.41) is 29.2. The molecule has 0 amide bonds. The molecule has 8 nitrogen and oxygen atoms in total. The fraction of sp³-hybridized carbons (Fsp3) is 0.411. The van der Waals surface area contributed by atoms with E-state index in [4.69, 9.17) is 16.5 Å². The minimum atomic E-state index is -2.07. The molecule has 4 aromatic heterocycles. The molecule has 94 heavy (non-hydrogen) atoms. The third kappa shape index (κ3) is 29.2. The number of aldehydes is 2. The van der Waals surface area contributed by atoms with E-state index in [0.717, 1.165) is 92.6 Å². The van der Waals surface area contributed by atoms with Crippen molar-refractivity contribution in [1.29, 1.82) is 0 Å². The second-order valence-corrected chi connectivity index (χ2v) is 43.0. The van der Waals surface area contributed by atoms with Crippen LogP contribution in [0.15, 0.2) is 161 Å². The van der Waals surface area contributed by atoms with Crippen LogP contribution in [0.25, 0.3) is 0 Å². The number of carbonyl (C=O) groups excluding carboxylic acids is 2. The SMILES string of the molecule is CC(C)[Si](OC(c1cccc(Br)c1)c1csc(C=O)c1)(C(C)C)C(C)C.CC(C)[Si](OC(c1cccc(Br)c1)c1csc(CO)c1)(C(C)C)C(C)C.CCc1cc(C(O)c2cccc(Br)c2)cs1.CCc1cc(CBr)cs1.O=Cc1cccc(Br)c1.[CH2-]CCC.[Li+].[O]=[Mn]=[O]. The molecule has 0 aliphatic heterocycles. The third-order valence-electron chi connectivity index (χ3n) is 15.6. The van der Waals surface area contributed by atoms with Crippen LogP contribution in [0, 0.1) is 6.92 Å². The topological polar surface area (TPSA) is 127 Å². The molecule has 0 aliphatic rings. The molecule has 0 saturated heterocycles. The van der Waals surface area contributed by atoms with Crippen molar-refractivity contribution in [3.8, 4) is 0 Å². The van der Waals surface area contributed by atoms with Gasteiger partial charge in [0.15, 0.2) is 6.29 Å². The predicted octanol–water partition coefficient (Wildman–Crippen LogP) is 22.9. The van der Waals surface area contributed by atoms with Crippen molar-refractivity contribution in [2.45, 2.75) is 193 Å². The van der Waals surface area contributed by atoms with Gasteiger partial charge in [0.25, 0.3) is 0 Å². The zero-order valence-corrected chi connectivity index (χ0v) is 71.8. The number of alkyl halides is 1. The maximum atomic E-state index is 11.2. The molecule has 0 radical (unpaired) electrons. The molecule has 8 rings (SSSR count). The van der Waals surface area contributed by atoms with Crippen molar-refractivity contribution < 1.29 is 70.0 Å². The van der Waals surface area contributed by atoms with Crippen LogP contribution >= 0.6 is 125 Å². The van der Waals surface area contributed by atoms with E-state index < -0.39 is 37.6 Å². The van der Waals surface area contributed by atoms with E-state index in [2.05, 4.69) is 255 Å². The number of hydrogen-bond acceptors (Lipinski definition) is 12. The molecule has 3 atom stereocenters. The van der Waals surface area contributed by atoms with E-state index in [9.17, 15) is 19.8 Å². The van der Waals surface area contributed by atoms with Crippen molar-refractivity contribution in [2.75, 3.05) is 0 Å². The Morgan fingerprint density at radius 2 is 0.862 bits per heavy atom. The summed E-state index contributed by atoms with van der Waals surface area (Å²) in [4.78, 5) is 25.9. The number of thiophene rings is 4. The van der Waals surface area contributed by atoms with Crippen LogP contribution in [-0.2, 0) is 56.1 Å². The van der Waals surface area contributed by atoms with Crippen molar-refractivity contribution >= 4 is 154 Å². The van der Waals surface area contributed by atoms with Crippen molar-refractivity contribution in [3.05, 3.63) is 232 Å². The van der Waals surface area contributed by atoms with Gasteiger partial charge in [-0.3, -0.25) is 9.59 Å². The summed E-state index contributed by atoms with van der Waals surface area (Å²) in [5.74, 6) is 0. The summed E-state index contributed by atoms with van der Waals surface area (Å²) in [5.41, 5.74) is 11.6. The Balaban J connectivity index is 0.000000601. The normalized spacial score (nSPS) is 12.0. The van der Waals surface area contributed by atoms with E-state index in [1.807, 2.05) is 77.4 Å². The summed E-state index contributed by atoms with van der Waals surface area (Å²) in [6, 6.07) is 40.2. The van der Waals surface area contributed by atoms with Crippen LogP contribution < -0.4 is 18.9 Å². The molecule has 0 spiro atoms. The van der Waals surface area contributed by atoms with Gasteiger partial charge in [-0.1, -0.05) is 238 Å². The molecule has 3 unspecified atom stereocenters. The number of rotatable bonds is 23. The van der Waals surface area contributed by atoms with Gasteiger partial charge in [0.2, 0.25) is 16.6 Å². The maximum absolute atomic E-state index is 11.2. The van der Waals surface area contributed by atoms with Gasteiger partial charge in [0.1, 0.15) is 12.4 Å². The summed E-state index contributed by atoms with van der Waals surface area (Å²) in [6.07, 6.45) is 5.45. The zero-order chi connectivity index (χ0) is 70.0. The first-order chi connectivity index (χ1) is 44.2. The first-order valence-electron chi connectivity index (χ1n) is 31.3. The molecule has 0 fully saturated rings. The average Bonchev–Trinajstić information content (AvgIpc) is 1.16. The fourth-order valence-electron chi connectivity index (χ4n) is 11.3. The van der Waals surface area contributed by atoms with Crippen LogP contribution in [0.5, 0.6) is 0 Å². The molecule has 511 valence electrons. The summed E-state index contributed by atoms with van der Waals surface area (Å²) < 4.78 is 35.1. The second kappa shape index (κ2) is 48.3. The number of carbonyl (C=O) groups is 2. The quantitative estimate of drug-likeness (QED) is 0.0281. The molecule has 21 heteroatoms. The fourth-order valence-corrected chi connectivity index (χ4v) is 27.6. The number of benzene rings is 4. The molecule has 0 bridgehead atoms. The van der Waals surface area contributed by atoms with E-state index >= 15 is 0 Å². The Morgan fingerprint density at radius 1 is 0.500 bits per heavy atom. The molecule has 2 N–H and O–H groups in total. The number of unbranched alkanes of at least 4 members (excludes halogenated alkanes) is 1. The Kier molecular flexibility index (Phi) is 46.4. The van der Waals surface area contributed by atoms with Gasteiger partial charge < -0.3 is 26.0 Å². The van der Waals surface area contributed by atoms with E-state index in [1.54, 1.807) is 34.8 Å². The number of aliphatic hydroxyl groups excluding tert-OH is 2. The van der Waals surface area contributed by atoms with E-state index in [-0.39, 0.29) is 37.7 Å². The van der Waals surface area contributed by atoms with Crippen molar-refractivity contribution in [3.63, 3.8) is 0 Å². The molecular formula is C73H96Br5LiMnO8S4Si2. The zero-order valence-electron chi connectivity index (χ0n) is 57.4. The van der Waals surface area contributed by atoms with Gasteiger partial charge in [-0.25, -0.2) is 0 Å². The third-order valence-corrected chi connectivity index (χ3v) is 34.4. The van der Waals surface area contributed by atoms with Crippen LogP contribution in [0.3, 0.4) is 0 Å². The Labute approximate surface area is 641 Å². The number of aryl methyl sites for hydroxylation is 2. The number of halogens is 5. The average molecular weight is 1750 g/mol. The second-order valence-electron chi connectivity index (χ2n) is 23.8. The standard InChI is InChI=1S/C21H31BrO2SSi.C21H29BrO2SSi.C13H13BrOS.C7H5BrO.C7H9BrS.C4H9.Li.Mn.2O/c2*1-14(2)26(15(3)4,16(5)6)24-21(17-8-7-9-19(22)10-17)18-11-20(12-23)25-13-18;1-2-12-7-10(8-16-12)13(15)9-4-3-5-11(14)6-9;8-7-3-1-2-6(4-7)5-9;1-2-7-3-6(4-8)5-9-7;1-3-4-2;;;;/h7-11,13-16,21,23H,12H2,1-6H3;7-16,21H,1-6H3;3-8,13,15H,2H2,1H3;1-5H;3,5H,2,4H2,1H3;1,3-4H2,2H3;;;;/q;;;;;-1;+1;;;. The Hall–Kier alpha value is -1.59. The van der Waals surface area contributed by atoms with Crippen LogP contribution in [-0.4, -0.2) is 39.4 Å². The predicted molar refractivity (Wildman–Crippen MR) is 416 cm³/mol. The summed E-state index contributed by atoms with van der Waals surface area (Å²) in [6.45, 7) is 37.8. The van der Waals surface area contributed by atoms with Gasteiger partial charge in [-0.15, -0.1) is 45.3 Å². The first kappa shape index (κ1) is 90.4. The molecule has 4 heterocycles. The summed E-state index contributed by atoms with van der Waals surface area (Å²) >= 11 is 22.5. The van der Waals surface area contributed by atoms with Crippen LogP contribution in [0.1, 0.15) is 209 Å². The van der Waals surface area contributed by atoms with Crippen molar-refractivity contribution in [2.24, 2.45) is 0 Å². The van der Waals surface area contributed by atoms with Crippen LogP contribution in [0.2, 0.25) is 33.2 Å². The monoisotopic (exact) mass is 1740 g/mol. The minimum absolute atomic E-state index is 0.